The van der Waals surface area contributed by atoms with Crippen LogP contribution in [0.15, 0.2) is 0 Å². The van der Waals surface area contributed by atoms with Crippen molar-refractivity contribution in [3.8, 4) is 0 Å². The molecular formula is C9H19N5O. The number of nitrogens with two attached hydrogens (primary N) is 1. The topological polar surface area (TPSA) is 76.7 Å². The number of carbonyl (C=O) groups excluding carboxylic acids is 1. The van der Waals surface area contributed by atoms with E-state index in [0.717, 1.165) is 13.1 Å². The molecule has 0 spiro atoms. The summed E-state index contributed by atoms with van der Waals surface area (Å²) in [6.45, 7) is 3.51. The van der Waals surface area contributed by atoms with Crippen LogP contribution >= 0.6 is 0 Å². The van der Waals surface area contributed by atoms with Crippen LogP contribution in [0.4, 0.5) is 4.79 Å². The Morgan fingerprint density at radius 1 is 1.33 bits per heavy atom. The van der Waals surface area contributed by atoms with Gasteiger partial charge in [0.15, 0.2) is 0 Å². The summed E-state index contributed by atoms with van der Waals surface area (Å²) < 4.78 is 0. The van der Waals surface area contributed by atoms with Gasteiger partial charge in [-0.05, 0) is 0 Å². The maximum atomic E-state index is 11.6. The predicted octanol–water partition coefficient (Wildman–Crippen LogP) is -0.778. The van der Waals surface area contributed by atoms with Gasteiger partial charge in [-0.3, -0.25) is 10.3 Å². The molecular weight excluding hydrogens is 194 g/mol. The van der Waals surface area contributed by atoms with E-state index in [4.69, 9.17) is 11.1 Å². The van der Waals surface area contributed by atoms with Crippen LogP contribution in [0.25, 0.3) is 0 Å². The number of amidine groups is 1. The van der Waals surface area contributed by atoms with Crippen molar-refractivity contribution in [1.29, 1.82) is 5.41 Å². The minimum Gasteiger partial charge on any atom is -0.387 e. The number of urea groups is 1. The van der Waals surface area contributed by atoms with Gasteiger partial charge in [0.25, 0.3) is 0 Å². The normalized spacial score (nSPS) is 17.6. The Kier molecular flexibility index (Phi) is 3.90. The number of nitrogens with one attached hydrogen (secondary N) is 1. The summed E-state index contributed by atoms with van der Waals surface area (Å²) in [5, 5.41) is 7.18. The average molecular weight is 213 g/mol. The van der Waals surface area contributed by atoms with E-state index in [1.807, 2.05) is 4.90 Å². The Labute approximate surface area is 90.1 Å². The van der Waals surface area contributed by atoms with Crippen LogP contribution in [0.5, 0.6) is 0 Å². The molecule has 6 nitrogen and oxygen atoms in total. The average Bonchev–Trinajstić information content (AvgIpc) is 2.17. The first kappa shape index (κ1) is 11.8. The Balaban J connectivity index is 2.35. The molecule has 3 N–H and O–H groups in total. The summed E-state index contributed by atoms with van der Waals surface area (Å²) in [5.41, 5.74) is 5.32. The number of amides is 2. The first-order valence-electron chi connectivity index (χ1n) is 5.02. The molecule has 0 aliphatic carbocycles. The monoisotopic (exact) mass is 213 g/mol. The van der Waals surface area contributed by atoms with Crippen molar-refractivity contribution in [3.05, 3.63) is 0 Å². The Bertz CT molecular complexity index is 245. The number of carbonyl (C=O) groups is 1. The quantitative estimate of drug-likeness (QED) is 0.467. The van der Waals surface area contributed by atoms with Crippen LogP contribution in [0.2, 0.25) is 0 Å². The Hall–Kier alpha value is -1.30. The van der Waals surface area contributed by atoms with Gasteiger partial charge in [0.2, 0.25) is 0 Å². The third kappa shape index (κ3) is 3.39. The number of hydrogen-bond donors (Lipinski definition) is 2. The van der Waals surface area contributed by atoms with E-state index in [1.54, 1.807) is 19.0 Å². The minimum absolute atomic E-state index is 0.0532. The van der Waals surface area contributed by atoms with Crippen molar-refractivity contribution in [1.82, 2.24) is 14.7 Å². The molecule has 0 aromatic carbocycles. The lowest BCUT2D eigenvalue weighted by atomic mass is 10.3. The fraction of sp³-hybridized carbons (Fsp3) is 0.778. The number of nitrogens with zero attached hydrogens (tertiary/aromatic N) is 3. The van der Waals surface area contributed by atoms with Crippen molar-refractivity contribution in [2.45, 2.75) is 0 Å². The fourth-order valence-corrected chi connectivity index (χ4v) is 1.62. The number of rotatable bonds is 2. The molecule has 0 saturated carbocycles. The molecule has 0 aromatic rings. The van der Waals surface area contributed by atoms with Crippen LogP contribution < -0.4 is 5.73 Å². The second-order valence-corrected chi connectivity index (χ2v) is 3.97. The van der Waals surface area contributed by atoms with E-state index >= 15 is 0 Å². The third-order valence-electron chi connectivity index (χ3n) is 2.42. The Morgan fingerprint density at radius 2 is 1.87 bits per heavy atom. The lowest BCUT2D eigenvalue weighted by molar-refractivity contribution is 0.130. The fourth-order valence-electron chi connectivity index (χ4n) is 1.62. The van der Waals surface area contributed by atoms with Gasteiger partial charge in [0.1, 0.15) is 5.84 Å². The van der Waals surface area contributed by atoms with E-state index in [0.29, 0.717) is 19.6 Å². The van der Waals surface area contributed by atoms with Gasteiger partial charge >= 0.3 is 6.03 Å². The van der Waals surface area contributed by atoms with Crippen LogP contribution in [0.3, 0.4) is 0 Å². The van der Waals surface area contributed by atoms with E-state index in [-0.39, 0.29) is 11.9 Å². The highest BCUT2D eigenvalue weighted by Gasteiger charge is 2.21. The zero-order chi connectivity index (χ0) is 11.4. The van der Waals surface area contributed by atoms with Gasteiger partial charge in [-0.15, -0.1) is 0 Å². The first-order chi connectivity index (χ1) is 7.00. The van der Waals surface area contributed by atoms with Crippen molar-refractivity contribution in [3.63, 3.8) is 0 Å². The van der Waals surface area contributed by atoms with E-state index < -0.39 is 0 Å². The molecule has 1 rings (SSSR count). The van der Waals surface area contributed by atoms with Gasteiger partial charge in [-0.25, -0.2) is 4.79 Å². The summed E-state index contributed by atoms with van der Waals surface area (Å²) in [6.07, 6.45) is 0. The molecule has 1 aliphatic heterocycles. The van der Waals surface area contributed by atoms with Crippen LogP contribution in [0.1, 0.15) is 0 Å². The van der Waals surface area contributed by atoms with E-state index in [1.165, 1.54) is 0 Å². The summed E-state index contributed by atoms with van der Waals surface area (Å²) in [7, 11) is 3.51. The Morgan fingerprint density at radius 3 is 2.27 bits per heavy atom. The maximum absolute atomic E-state index is 11.6. The zero-order valence-electron chi connectivity index (χ0n) is 9.36. The van der Waals surface area contributed by atoms with Gasteiger partial charge in [-0.1, -0.05) is 0 Å². The number of hydrogen-bond acceptors (Lipinski definition) is 3. The molecule has 1 saturated heterocycles. The van der Waals surface area contributed by atoms with Crippen molar-refractivity contribution in [2.75, 3.05) is 46.8 Å². The molecule has 86 valence electrons. The molecule has 2 amide bonds. The highest BCUT2D eigenvalue weighted by Crippen LogP contribution is 2.03. The molecule has 15 heavy (non-hydrogen) atoms. The predicted molar refractivity (Wildman–Crippen MR) is 59.0 cm³/mol. The maximum Gasteiger partial charge on any atom is 0.319 e. The smallest absolute Gasteiger partial charge is 0.319 e. The summed E-state index contributed by atoms with van der Waals surface area (Å²) in [5.74, 6) is 0.183. The van der Waals surface area contributed by atoms with Crippen LogP contribution in [0, 0.1) is 5.41 Å². The SMILES string of the molecule is CN(C)C(=O)N1CCN(CC(=N)N)CC1. The molecule has 0 bridgehead atoms. The molecule has 1 aliphatic rings. The standard InChI is InChI=1S/C9H19N5O/c1-12(2)9(15)14-5-3-13(4-6-14)7-8(10)11/h3-7H2,1-2H3,(H3,10,11). The molecule has 0 atom stereocenters. The molecule has 1 heterocycles. The molecule has 0 unspecified atom stereocenters. The second kappa shape index (κ2) is 4.97. The largest absolute Gasteiger partial charge is 0.387 e. The third-order valence-corrected chi connectivity index (χ3v) is 2.42. The summed E-state index contributed by atoms with van der Waals surface area (Å²) in [6, 6.07) is 0.0532. The van der Waals surface area contributed by atoms with E-state index in [2.05, 4.69) is 4.90 Å². The minimum atomic E-state index is 0.0532. The first-order valence-corrected chi connectivity index (χ1v) is 5.02. The highest BCUT2D eigenvalue weighted by molar-refractivity contribution is 5.79. The van der Waals surface area contributed by atoms with Crippen molar-refractivity contribution >= 4 is 11.9 Å². The van der Waals surface area contributed by atoms with E-state index in [9.17, 15) is 4.79 Å². The van der Waals surface area contributed by atoms with Crippen LogP contribution in [-0.4, -0.2) is 73.4 Å². The van der Waals surface area contributed by atoms with Crippen LogP contribution in [-0.2, 0) is 0 Å². The zero-order valence-corrected chi connectivity index (χ0v) is 9.36. The van der Waals surface area contributed by atoms with Crippen molar-refractivity contribution in [2.24, 2.45) is 5.73 Å². The molecule has 6 heteroatoms. The van der Waals surface area contributed by atoms with Gasteiger partial charge in [-0.2, -0.15) is 0 Å². The molecule has 1 fully saturated rings. The lowest BCUT2D eigenvalue weighted by Crippen LogP contribution is -2.52. The second-order valence-electron chi connectivity index (χ2n) is 3.97. The lowest BCUT2D eigenvalue weighted by Gasteiger charge is -2.35. The molecule has 0 radical (unpaired) electrons. The van der Waals surface area contributed by atoms with Gasteiger partial charge < -0.3 is 15.5 Å². The van der Waals surface area contributed by atoms with Gasteiger partial charge in [0, 0.05) is 40.3 Å². The van der Waals surface area contributed by atoms with Gasteiger partial charge in [0.05, 0.1) is 6.54 Å². The summed E-state index contributed by atoms with van der Waals surface area (Å²) in [4.78, 5) is 17.1. The number of piperazine rings is 1. The van der Waals surface area contributed by atoms with Crippen molar-refractivity contribution < 1.29 is 4.79 Å². The highest BCUT2D eigenvalue weighted by atomic mass is 16.2. The molecule has 0 aromatic heterocycles. The summed E-state index contributed by atoms with van der Waals surface area (Å²) >= 11 is 0.